The molecule has 1 aromatic heterocycles. The van der Waals surface area contributed by atoms with Crippen LogP contribution in [0.3, 0.4) is 0 Å². The summed E-state index contributed by atoms with van der Waals surface area (Å²) >= 11 is 1.36. The maximum absolute atomic E-state index is 12.7. The molecule has 1 aliphatic rings. The fraction of sp³-hybridized carbons (Fsp3) is 0.667. The zero-order valence-electron chi connectivity index (χ0n) is 17.4. The molecule has 156 valence electrons. The first-order valence-corrected chi connectivity index (χ1v) is 11.0. The van der Waals surface area contributed by atoms with Gasteiger partial charge in [0.25, 0.3) is 5.91 Å². The standard InChI is InChI=1S/C21H33N3O3S/c1-5-10-22-20(27)18(23-19(26)16-7-6-13-28-16)15-8-11-24(12-9-15)17(25)14-21(2,3)4/h6-7,13,15,18H,5,8-12,14H2,1-4H3,(H,22,27)(H,23,26)/t18-/m0/s1. The fourth-order valence-corrected chi connectivity index (χ4v) is 4.05. The summed E-state index contributed by atoms with van der Waals surface area (Å²) in [5.41, 5.74) is -0.0365. The van der Waals surface area contributed by atoms with Gasteiger partial charge in [0, 0.05) is 26.1 Å². The molecule has 1 saturated heterocycles. The molecule has 28 heavy (non-hydrogen) atoms. The molecule has 0 radical (unpaired) electrons. The molecule has 0 unspecified atom stereocenters. The Bertz CT molecular complexity index is 659. The third kappa shape index (κ3) is 6.62. The van der Waals surface area contributed by atoms with E-state index in [1.54, 1.807) is 6.07 Å². The van der Waals surface area contributed by atoms with Gasteiger partial charge in [0.15, 0.2) is 0 Å². The van der Waals surface area contributed by atoms with Crippen LogP contribution in [0.1, 0.15) is 63.0 Å². The highest BCUT2D eigenvalue weighted by Crippen LogP contribution is 2.25. The predicted molar refractivity (Wildman–Crippen MR) is 112 cm³/mol. The number of nitrogens with zero attached hydrogens (tertiary/aromatic N) is 1. The van der Waals surface area contributed by atoms with Crippen molar-refractivity contribution in [1.82, 2.24) is 15.5 Å². The minimum atomic E-state index is -0.569. The molecule has 0 aromatic carbocycles. The van der Waals surface area contributed by atoms with Crippen molar-refractivity contribution < 1.29 is 14.4 Å². The van der Waals surface area contributed by atoms with E-state index in [1.165, 1.54) is 11.3 Å². The zero-order valence-corrected chi connectivity index (χ0v) is 18.2. The van der Waals surface area contributed by atoms with Crippen LogP contribution in [-0.4, -0.2) is 48.3 Å². The molecule has 2 heterocycles. The molecule has 3 amide bonds. The van der Waals surface area contributed by atoms with Crippen molar-refractivity contribution in [3.63, 3.8) is 0 Å². The van der Waals surface area contributed by atoms with Gasteiger partial charge in [-0.25, -0.2) is 0 Å². The Morgan fingerprint density at radius 1 is 1.25 bits per heavy atom. The lowest BCUT2D eigenvalue weighted by atomic mass is 9.87. The molecule has 6 nitrogen and oxygen atoms in total. The van der Waals surface area contributed by atoms with Crippen molar-refractivity contribution in [3.8, 4) is 0 Å². The van der Waals surface area contributed by atoms with E-state index in [0.29, 0.717) is 43.8 Å². The second kappa shape index (κ2) is 10.0. The number of piperidine rings is 1. The summed E-state index contributed by atoms with van der Waals surface area (Å²) in [5.74, 6) is -0.149. The minimum absolute atomic E-state index is 0.0273. The van der Waals surface area contributed by atoms with Crippen molar-refractivity contribution in [1.29, 1.82) is 0 Å². The first-order chi connectivity index (χ1) is 13.2. The molecule has 0 spiro atoms. The third-order valence-corrected chi connectivity index (χ3v) is 5.78. The summed E-state index contributed by atoms with van der Waals surface area (Å²) in [4.78, 5) is 40.2. The highest BCUT2D eigenvalue weighted by Gasteiger charge is 2.34. The Morgan fingerprint density at radius 2 is 1.93 bits per heavy atom. The van der Waals surface area contributed by atoms with Crippen molar-refractivity contribution >= 4 is 29.1 Å². The van der Waals surface area contributed by atoms with Gasteiger partial charge < -0.3 is 15.5 Å². The van der Waals surface area contributed by atoms with E-state index in [1.807, 2.05) is 23.3 Å². The van der Waals surface area contributed by atoms with Crippen LogP contribution in [0.4, 0.5) is 0 Å². The molecule has 7 heteroatoms. The Hall–Kier alpha value is -1.89. The van der Waals surface area contributed by atoms with Crippen molar-refractivity contribution in [2.45, 2.75) is 59.4 Å². The number of hydrogen-bond acceptors (Lipinski definition) is 4. The van der Waals surface area contributed by atoms with E-state index >= 15 is 0 Å². The number of thiophene rings is 1. The maximum Gasteiger partial charge on any atom is 0.262 e. The average molecular weight is 408 g/mol. The topological polar surface area (TPSA) is 78.5 Å². The Morgan fingerprint density at radius 3 is 2.46 bits per heavy atom. The van der Waals surface area contributed by atoms with Gasteiger partial charge >= 0.3 is 0 Å². The number of rotatable bonds is 7. The van der Waals surface area contributed by atoms with E-state index in [-0.39, 0.29) is 29.1 Å². The number of amides is 3. The van der Waals surface area contributed by atoms with E-state index < -0.39 is 6.04 Å². The van der Waals surface area contributed by atoms with Gasteiger partial charge in [0.05, 0.1) is 4.88 Å². The summed E-state index contributed by atoms with van der Waals surface area (Å²) in [5, 5.41) is 7.70. The highest BCUT2D eigenvalue weighted by molar-refractivity contribution is 7.12. The SMILES string of the molecule is CCCNC(=O)[C@@H](NC(=O)c1cccs1)C1CCN(C(=O)CC(C)(C)C)CC1. The normalized spacial score (nSPS) is 16.5. The summed E-state index contributed by atoms with van der Waals surface area (Å²) in [6.07, 6.45) is 2.79. The second-order valence-corrected chi connectivity index (χ2v) is 9.62. The second-order valence-electron chi connectivity index (χ2n) is 8.68. The molecule has 1 atom stereocenters. The van der Waals surface area contributed by atoms with Crippen LogP contribution in [0.5, 0.6) is 0 Å². The smallest absolute Gasteiger partial charge is 0.262 e. The molecular weight excluding hydrogens is 374 g/mol. The Labute approximate surface area is 172 Å². The van der Waals surface area contributed by atoms with Crippen molar-refractivity contribution in [3.05, 3.63) is 22.4 Å². The summed E-state index contributed by atoms with van der Waals surface area (Å²) in [6.45, 7) is 10.0. The summed E-state index contributed by atoms with van der Waals surface area (Å²) < 4.78 is 0. The lowest BCUT2D eigenvalue weighted by Crippen LogP contribution is -2.54. The molecule has 1 aliphatic heterocycles. The van der Waals surface area contributed by atoms with Crippen molar-refractivity contribution in [2.24, 2.45) is 11.3 Å². The Balaban J connectivity index is 2.00. The van der Waals surface area contributed by atoms with Crippen LogP contribution in [0.25, 0.3) is 0 Å². The first-order valence-electron chi connectivity index (χ1n) is 10.1. The predicted octanol–water partition coefficient (Wildman–Crippen LogP) is 3.05. The van der Waals surface area contributed by atoms with Crippen LogP contribution < -0.4 is 10.6 Å². The molecular formula is C21H33N3O3S. The highest BCUT2D eigenvalue weighted by atomic mass is 32.1. The average Bonchev–Trinajstić information content (AvgIpc) is 3.17. The van der Waals surface area contributed by atoms with Gasteiger partial charge in [-0.3, -0.25) is 14.4 Å². The number of carbonyl (C=O) groups excluding carboxylic acids is 3. The fourth-order valence-electron chi connectivity index (χ4n) is 3.42. The Kier molecular flexibility index (Phi) is 8.04. The van der Waals surface area contributed by atoms with Crippen LogP contribution >= 0.6 is 11.3 Å². The van der Waals surface area contributed by atoms with E-state index in [0.717, 1.165) is 6.42 Å². The molecule has 0 bridgehead atoms. The van der Waals surface area contributed by atoms with E-state index in [4.69, 9.17) is 0 Å². The maximum atomic E-state index is 12.7. The van der Waals surface area contributed by atoms with Gasteiger partial charge in [0.2, 0.25) is 11.8 Å². The van der Waals surface area contributed by atoms with Crippen LogP contribution in [-0.2, 0) is 9.59 Å². The molecule has 0 aliphatic carbocycles. The molecule has 1 aromatic rings. The lowest BCUT2D eigenvalue weighted by Gasteiger charge is -2.36. The summed E-state index contributed by atoms with van der Waals surface area (Å²) in [7, 11) is 0. The summed E-state index contributed by atoms with van der Waals surface area (Å²) in [6, 6.07) is 3.01. The number of likely N-dealkylation sites (tertiary alicyclic amines) is 1. The molecule has 1 fully saturated rings. The molecule has 0 saturated carbocycles. The zero-order chi connectivity index (χ0) is 20.7. The number of nitrogens with one attached hydrogen (secondary N) is 2. The molecule has 2 rings (SSSR count). The van der Waals surface area contributed by atoms with Crippen molar-refractivity contribution in [2.75, 3.05) is 19.6 Å². The van der Waals surface area contributed by atoms with E-state index in [2.05, 4.69) is 31.4 Å². The third-order valence-electron chi connectivity index (χ3n) is 4.91. The van der Waals surface area contributed by atoms with Gasteiger partial charge in [-0.05, 0) is 42.0 Å². The number of carbonyl (C=O) groups is 3. The lowest BCUT2D eigenvalue weighted by molar-refractivity contribution is -0.134. The van der Waals surface area contributed by atoms with Crippen LogP contribution in [0, 0.1) is 11.3 Å². The monoisotopic (exact) mass is 407 g/mol. The van der Waals surface area contributed by atoms with Crippen LogP contribution in [0.15, 0.2) is 17.5 Å². The quantitative estimate of drug-likeness (QED) is 0.729. The largest absolute Gasteiger partial charge is 0.354 e. The van der Waals surface area contributed by atoms with Crippen LogP contribution in [0.2, 0.25) is 0 Å². The minimum Gasteiger partial charge on any atom is -0.354 e. The van der Waals surface area contributed by atoms with Gasteiger partial charge in [-0.15, -0.1) is 11.3 Å². The van der Waals surface area contributed by atoms with E-state index in [9.17, 15) is 14.4 Å². The number of hydrogen-bond donors (Lipinski definition) is 2. The van der Waals surface area contributed by atoms with Gasteiger partial charge in [-0.1, -0.05) is 33.8 Å². The molecule has 2 N–H and O–H groups in total. The first kappa shape index (κ1) is 22.4. The van der Waals surface area contributed by atoms with Gasteiger partial charge in [0.1, 0.15) is 6.04 Å². The van der Waals surface area contributed by atoms with Gasteiger partial charge in [-0.2, -0.15) is 0 Å².